The maximum Gasteiger partial charge on any atom is 0.319 e. The Morgan fingerprint density at radius 3 is 2.70 bits per heavy atom. The smallest absolute Gasteiger partial charge is 0.319 e. The molecule has 0 saturated carbocycles. The van der Waals surface area contributed by atoms with E-state index in [0.29, 0.717) is 0 Å². The van der Waals surface area contributed by atoms with E-state index >= 15 is 0 Å². The molecule has 0 spiro atoms. The van der Waals surface area contributed by atoms with Crippen molar-refractivity contribution in [2.75, 3.05) is 5.32 Å². The van der Waals surface area contributed by atoms with Crippen LogP contribution in [0.2, 0.25) is 0 Å². The average molecular weight is 272 g/mol. The van der Waals surface area contributed by atoms with E-state index in [1.807, 2.05) is 31.2 Å². The number of hydrogen-bond acceptors (Lipinski definition) is 1. The minimum atomic E-state index is -0.305. The molecule has 3 nitrogen and oxygen atoms in total. The van der Waals surface area contributed by atoms with Crippen molar-refractivity contribution in [2.24, 2.45) is 0 Å². The zero-order chi connectivity index (χ0) is 14.4. The van der Waals surface area contributed by atoms with Gasteiger partial charge in [0, 0.05) is 12.2 Å². The van der Waals surface area contributed by atoms with E-state index in [-0.39, 0.29) is 18.4 Å². The SMILES string of the molecule is CCc1ccccc1NC(=O)NCc1cccc(F)c1. The van der Waals surface area contributed by atoms with Crippen LogP contribution in [0.3, 0.4) is 0 Å². The molecule has 4 heteroatoms. The van der Waals surface area contributed by atoms with E-state index in [1.165, 1.54) is 12.1 Å². The molecular weight excluding hydrogens is 255 g/mol. The van der Waals surface area contributed by atoms with Gasteiger partial charge < -0.3 is 10.6 Å². The lowest BCUT2D eigenvalue weighted by molar-refractivity contribution is 0.251. The van der Waals surface area contributed by atoms with Crippen molar-refractivity contribution >= 4 is 11.7 Å². The number of nitrogens with one attached hydrogen (secondary N) is 2. The molecule has 2 amide bonds. The van der Waals surface area contributed by atoms with E-state index in [2.05, 4.69) is 10.6 Å². The fourth-order valence-corrected chi connectivity index (χ4v) is 1.95. The van der Waals surface area contributed by atoms with Gasteiger partial charge in [-0.15, -0.1) is 0 Å². The fourth-order valence-electron chi connectivity index (χ4n) is 1.95. The minimum absolute atomic E-state index is 0.290. The minimum Gasteiger partial charge on any atom is -0.334 e. The van der Waals surface area contributed by atoms with Crippen LogP contribution in [0.25, 0.3) is 0 Å². The van der Waals surface area contributed by atoms with Gasteiger partial charge >= 0.3 is 6.03 Å². The van der Waals surface area contributed by atoms with E-state index in [4.69, 9.17) is 0 Å². The molecule has 0 saturated heterocycles. The van der Waals surface area contributed by atoms with Gasteiger partial charge in [-0.05, 0) is 35.7 Å². The predicted molar refractivity (Wildman–Crippen MR) is 78.1 cm³/mol. The fraction of sp³-hybridized carbons (Fsp3) is 0.188. The monoisotopic (exact) mass is 272 g/mol. The first kappa shape index (κ1) is 14.1. The van der Waals surface area contributed by atoms with E-state index < -0.39 is 0 Å². The molecule has 104 valence electrons. The first-order valence-corrected chi connectivity index (χ1v) is 6.56. The predicted octanol–water partition coefficient (Wildman–Crippen LogP) is 3.71. The van der Waals surface area contributed by atoms with Crippen LogP contribution in [0, 0.1) is 5.82 Å². The van der Waals surface area contributed by atoms with Gasteiger partial charge in [0.15, 0.2) is 0 Å². The Bertz CT molecular complexity index is 599. The Morgan fingerprint density at radius 2 is 1.95 bits per heavy atom. The molecule has 2 rings (SSSR count). The summed E-state index contributed by atoms with van der Waals surface area (Å²) in [5, 5.41) is 5.51. The van der Waals surface area contributed by atoms with Crippen molar-refractivity contribution in [2.45, 2.75) is 19.9 Å². The van der Waals surface area contributed by atoms with Crippen LogP contribution in [0.5, 0.6) is 0 Å². The summed E-state index contributed by atoms with van der Waals surface area (Å²) in [7, 11) is 0. The molecular formula is C16H17FN2O. The van der Waals surface area contributed by atoms with Gasteiger partial charge in [-0.25, -0.2) is 9.18 Å². The molecule has 2 N–H and O–H groups in total. The average Bonchev–Trinajstić information content (AvgIpc) is 2.46. The van der Waals surface area contributed by atoms with Crippen molar-refractivity contribution < 1.29 is 9.18 Å². The number of amides is 2. The molecule has 0 aliphatic heterocycles. The van der Waals surface area contributed by atoms with Gasteiger partial charge in [-0.2, -0.15) is 0 Å². The number of carbonyl (C=O) groups is 1. The van der Waals surface area contributed by atoms with E-state index in [9.17, 15) is 9.18 Å². The summed E-state index contributed by atoms with van der Waals surface area (Å²) in [5.41, 5.74) is 2.60. The summed E-state index contributed by atoms with van der Waals surface area (Å²) in [6.45, 7) is 2.32. The molecule has 2 aromatic carbocycles. The van der Waals surface area contributed by atoms with E-state index in [1.54, 1.807) is 12.1 Å². The van der Waals surface area contributed by atoms with Crippen molar-refractivity contribution in [3.63, 3.8) is 0 Å². The molecule has 0 unspecified atom stereocenters. The highest BCUT2D eigenvalue weighted by molar-refractivity contribution is 5.90. The Kier molecular flexibility index (Phi) is 4.71. The van der Waals surface area contributed by atoms with Gasteiger partial charge in [-0.3, -0.25) is 0 Å². The maximum absolute atomic E-state index is 13.0. The second-order valence-corrected chi connectivity index (χ2v) is 4.45. The van der Waals surface area contributed by atoms with Gasteiger partial charge in [0.1, 0.15) is 5.82 Å². The third-order valence-electron chi connectivity index (χ3n) is 2.99. The van der Waals surface area contributed by atoms with Crippen LogP contribution in [-0.2, 0) is 13.0 Å². The molecule has 0 atom stereocenters. The normalized spacial score (nSPS) is 10.1. The summed E-state index contributed by atoms with van der Waals surface area (Å²) in [6.07, 6.45) is 0.848. The van der Waals surface area contributed by atoms with Gasteiger partial charge in [0.2, 0.25) is 0 Å². The first-order valence-electron chi connectivity index (χ1n) is 6.56. The number of aryl methyl sites for hydroxylation is 1. The lowest BCUT2D eigenvalue weighted by Crippen LogP contribution is -2.28. The number of benzene rings is 2. The molecule has 0 fully saturated rings. The number of urea groups is 1. The Balaban J connectivity index is 1.93. The molecule has 0 aliphatic rings. The van der Waals surface area contributed by atoms with Gasteiger partial charge in [0.25, 0.3) is 0 Å². The summed E-state index contributed by atoms with van der Waals surface area (Å²) >= 11 is 0. The second-order valence-electron chi connectivity index (χ2n) is 4.45. The van der Waals surface area contributed by atoms with Crippen molar-refractivity contribution in [1.82, 2.24) is 5.32 Å². The van der Waals surface area contributed by atoms with Crippen LogP contribution in [0.15, 0.2) is 48.5 Å². The quantitative estimate of drug-likeness (QED) is 0.875. The van der Waals surface area contributed by atoms with Crippen molar-refractivity contribution in [3.05, 3.63) is 65.5 Å². The topological polar surface area (TPSA) is 41.1 Å². The number of carbonyl (C=O) groups excluding carboxylic acids is 1. The van der Waals surface area contributed by atoms with Crippen molar-refractivity contribution in [3.8, 4) is 0 Å². The zero-order valence-corrected chi connectivity index (χ0v) is 11.3. The lowest BCUT2D eigenvalue weighted by Gasteiger charge is -2.11. The van der Waals surface area contributed by atoms with Crippen LogP contribution >= 0.6 is 0 Å². The number of hydrogen-bond donors (Lipinski definition) is 2. The molecule has 2 aromatic rings. The highest BCUT2D eigenvalue weighted by Gasteiger charge is 2.05. The Labute approximate surface area is 117 Å². The maximum atomic E-state index is 13.0. The highest BCUT2D eigenvalue weighted by atomic mass is 19.1. The zero-order valence-electron chi connectivity index (χ0n) is 11.3. The molecule has 0 aliphatic carbocycles. The summed E-state index contributed by atoms with van der Waals surface area (Å²) in [5.74, 6) is -0.305. The van der Waals surface area contributed by atoms with Crippen LogP contribution in [0.4, 0.5) is 14.9 Å². The number of halogens is 1. The van der Waals surface area contributed by atoms with Crippen LogP contribution < -0.4 is 10.6 Å². The summed E-state index contributed by atoms with van der Waals surface area (Å²) in [4.78, 5) is 11.8. The van der Waals surface area contributed by atoms with E-state index in [0.717, 1.165) is 23.2 Å². The second kappa shape index (κ2) is 6.70. The molecule has 0 bridgehead atoms. The third kappa shape index (κ3) is 3.82. The van der Waals surface area contributed by atoms with Crippen molar-refractivity contribution in [1.29, 1.82) is 0 Å². The lowest BCUT2D eigenvalue weighted by atomic mass is 10.1. The highest BCUT2D eigenvalue weighted by Crippen LogP contribution is 2.15. The molecule has 0 aromatic heterocycles. The standard InChI is InChI=1S/C16H17FN2O/c1-2-13-7-3-4-9-15(13)19-16(20)18-11-12-6-5-8-14(17)10-12/h3-10H,2,11H2,1H3,(H2,18,19,20). The number of para-hydroxylation sites is 1. The third-order valence-corrected chi connectivity index (χ3v) is 2.99. The number of rotatable bonds is 4. The molecule has 0 heterocycles. The largest absolute Gasteiger partial charge is 0.334 e. The molecule has 20 heavy (non-hydrogen) atoms. The van der Waals surface area contributed by atoms with Gasteiger partial charge in [-0.1, -0.05) is 37.3 Å². The van der Waals surface area contributed by atoms with Crippen LogP contribution in [0.1, 0.15) is 18.1 Å². The Morgan fingerprint density at radius 1 is 1.15 bits per heavy atom. The summed E-state index contributed by atoms with van der Waals surface area (Å²) < 4.78 is 13.0. The van der Waals surface area contributed by atoms with Crippen LogP contribution in [-0.4, -0.2) is 6.03 Å². The Hall–Kier alpha value is -2.36. The first-order chi connectivity index (χ1) is 9.69. The molecule has 0 radical (unpaired) electrons. The van der Waals surface area contributed by atoms with Gasteiger partial charge in [0.05, 0.1) is 0 Å². The number of anilines is 1. The summed E-state index contributed by atoms with van der Waals surface area (Å²) in [6, 6.07) is 13.5.